The molecule has 0 atom stereocenters. The van der Waals surface area contributed by atoms with Crippen LogP contribution in [0.15, 0.2) is 45.7 Å². The second kappa shape index (κ2) is 6.33. The van der Waals surface area contributed by atoms with Crippen molar-refractivity contribution in [3.8, 4) is 5.75 Å². The summed E-state index contributed by atoms with van der Waals surface area (Å²) in [6, 6.07) is 6.80. The van der Waals surface area contributed by atoms with E-state index in [0.717, 1.165) is 5.56 Å². The summed E-state index contributed by atoms with van der Waals surface area (Å²) in [7, 11) is 0. The molecule has 1 saturated heterocycles. The monoisotopic (exact) mass is 331 g/mol. The van der Waals surface area contributed by atoms with Crippen molar-refractivity contribution in [1.82, 2.24) is 9.88 Å². The van der Waals surface area contributed by atoms with E-state index < -0.39 is 0 Å². The number of likely N-dealkylation sites (N-methyl/N-ethyl adjacent to an activating group) is 1. The van der Waals surface area contributed by atoms with Gasteiger partial charge >= 0.3 is 0 Å². The van der Waals surface area contributed by atoms with Crippen LogP contribution in [0.25, 0.3) is 6.08 Å². The maximum atomic E-state index is 12.4. The van der Waals surface area contributed by atoms with Crippen molar-refractivity contribution >= 4 is 45.4 Å². The summed E-state index contributed by atoms with van der Waals surface area (Å²) < 4.78 is 0. The van der Waals surface area contributed by atoms with Gasteiger partial charge in [-0.1, -0.05) is 12.1 Å². The Bertz CT molecular complexity index is 754. The van der Waals surface area contributed by atoms with Gasteiger partial charge in [-0.25, -0.2) is 4.98 Å². The van der Waals surface area contributed by atoms with Crippen LogP contribution in [0, 0.1) is 0 Å². The van der Waals surface area contributed by atoms with Crippen LogP contribution in [0.1, 0.15) is 12.5 Å². The quantitative estimate of drug-likeness (QED) is 0.875. The Kier molecular flexibility index (Phi) is 4.26. The van der Waals surface area contributed by atoms with Gasteiger partial charge in [0.15, 0.2) is 5.17 Å². The molecule has 5 nitrogen and oxygen atoms in total. The molecule has 1 fully saturated rings. The van der Waals surface area contributed by atoms with Crippen molar-refractivity contribution in [2.24, 2.45) is 4.99 Å². The van der Waals surface area contributed by atoms with Crippen LogP contribution in [-0.2, 0) is 4.79 Å². The molecule has 22 heavy (non-hydrogen) atoms. The third-order valence-corrected chi connectivity index (χ3v) is 4.65. The lowest BCUT2D eigenvalue weighted by atomic mass is 10.2. The average Bonchev–Trinajstić information content (AvgIpc) is 3.09. The molecule has 1 aromatic carbocycles. The summed E-state index contributed by atoms with van der Waals surface area (Å²) in [5.74, 6) is 0.0972. The minimum Gasteiger partial charge on any atom is -0.508 e. The molecule has 0 unspecified atom stereocenters. The summed E-state index contributed by atoms with van der Waals surface area (Å²) in [5, 5.41) is 12.6. The SMILES string of the molecule is CCN1C(=O)/C(=C/c2cccc(O)c2)S/C1=N/c1nccs1. The highest BCUT2D eigenvalue weighted by Gasteiger charge is 2.32. The summed E-state index contributed by atoms with van der Waals surface area (Å²) in [5.41, 5.74) is 0.780. The number of nitrogens with zero attached hydrogens (tertiary/aromatic N) is 3. The van der Waals surface area contributed by atoms with Crippen molar-refractivity contribution in [2.75, 3.05) is 6.54 Å². The van der Waals surface area contributed by atoms with Crippen molar-refractivity contribution < 1.29 is 9.90 Å². The number of carbonyl (C=O) groups is 1. The van der Waals surface area contributed by atoms with Crippen LogP contribution in [0.4, 0.5) is 5.13 Å². The zero-order valence-electron chi connectivity index (χ0n) is 11.8. The van der Waals surface area contributed by atoms with E-state index in [9.17, 15) is 9.90 Å². The Morgan fingerprint density at radius 2 is 2.32 bits per heavy atom. The molecule has 7 heteroatoms. The summed E-state index contributed by atoms with van der Waals surface area (Å²) in [6.07, 6.45) is 3.45. The molecule has 2 aromatic rings. The first kappa shape index (κ1) is 14.8. The van der Waals surface area contributed by atoms with Crippen LogP contribution in [0.2, 0.25) is 0 Å². The van der Waals surface area contributed by atoms with Gasteiger partial charge < -0.3 is 5.11 Å². The Balaban J connectivity index is 1.93. The lowest BCUT2D eigenvalue weighted by Gasteiger charge is -2.11. The number of phenolic OH excluding ortho intramolecular Hbond substituents is 1. The fourth-order valence-corrected chi connectivity index (χ4v) is 3.59. The number of aromatic hydroxyl groups is 1. The van der Waals surface area contributed by atoms with E-state index in [4.69, 9.17) is 0 Å². The zero-order valence-corrected chi connectivity index (χ0v) is 13.4. The average molecular weight is 331 g/mol. The van der Waals surface area contributed by atoms with Crippen LogP contribution >= 0.6 is 23.1 Å². The number of benzene rings is 1. The molecule has 112 valence electrons. The molecule has 0 radical (unpaired) electrons. The molecular formula is C15H13N3O2S2. The van der Waals surface area contributed by atoms with E-state index in [-0.39, 0.29) is 11.7 Å². The minimum atomic E-state index is -0.0776. The lowest BCUT2D eigenvalue weighted by Crippen LogP contribution is -2.28. The normalized spacial score (nSPS) is 18.6. The molecule has 0 saturated carbocycles. The Morgan fingerprint density at radius 1 is 1.45 bits per heavy atom. The second-order valence-electron chi connectivity index (χ2n) is 4.46. The summed E-state index contributed by atoms with van der Waals surface area (Å²) in [4.78, 5) is 23.2. The second-order valence-corrected chi connectivity index (χ2v) is 6.35. The largest absolute Gasteiger partial charge is 0.508 e. The van der Waals surface area contributed by atoms with Gasteiger partial charge in [0.05, 0.1) is 4.91 Å². The molecule has 2 heterocycles. The Morgan fingerprint density at radius 3 is 3.00 bits per heavy atom. The molecule has 1 aliphatic heterocycles. The van der Waals surface area contributed by atoms with Crippen LogP contribution in [0.3, 0.4) is 0 Å². The van der Waals surface area contributed by atoms with Gasteiger partial charge in [-0.05, 0) is 42.5 Å². The maximum absolute atomic E-state index is 12.4. The first-order valence-electron chi connectivity index (χ1n) is 6.66. The van der Waals surface area contributed by atoms with Gasteiger partial charge in [-0.3, -0.25) is 9.69 Å². The molecule has 0 bridgehead atoms. The first-order chi connectivity index (χ1) is 10.7. The summed E-state index contributed by atoms with van der Waals surface area (Å²) in [6.45, 7) is 2.46. The third kappa shape index (κ3) is 3.05. The van der Waals surface area contributed by atoms with Crippen molar-refractivity contribution in [2.45, 2.75) is 6.92 Å². The van der Waals surface area contributed by atoms with Crippen molar-refractivity contribution in [1.29, 1.82) is 0 Å². The molecule has 1 aromatic heterocycles. The summed E-state index contributed by atoms with van der Waals surface area (Å²) >= 11 is 2.75. The third-order valence-electron chi connectivity index (χ3n) is 2.98. The fourth-order valence-electron chi connectivity index (χ4n) is 1.99. The number of hydrogen-bond donors (Lipinski definition) is 1. The molecule has 3 rings (SSSR count). The van der Waals surface area contributed by atoms with E-state index in [2.05, 4.69) is 9.98 Å². The Hall–Kier alpha value is -2.12. The molecule has 0 spiro atoms. The number of amidine groups is 1. The van der Waals surface area contributed by atoms with Crippen LogP contribution in [-0.4, -0.2) is 32.6 Å². The fraction of sp³-hybridized carbons (Fsp3) is 0.133. The molecular weight excluding hydrogens is 318 g/mol. The van der Waals surface area contributed by atoms with Crippen LogP contribution < -0.4 is 0 Å². The number of phenols is 1. The number of hydrogen-bond acceptors (Lipinski definition) is 6. The van der Waals surface area contributed by atoms with E-state index in [0.29, 0.717) is 21.7 Å². The zero-order chi connectivity index (χ0) is 15.5. The number of aliphatic imine (C=N–C) groups is 1. The number of thiazole rings is 1. The minimum absolute atomic E-state index is 0.0776. The van der Waals surface area contributed by atoms with Gasteiger partial charge in [-0.15, -0.1) is 11.3 Å². The molecule has 0 aliphatic carbocycles. The predicted octanol–water partition coefficient (Wildman–Crippen LogP) is 3.47. The van der Waals surface area contributed by atoms with Gasteiger partial charge in [0.2, 0.25) is 5.13 Å². The van der Waals surface area contributed by atoms with Crippen molar-refractivity contribution in [3.05, 3.63) is 46.3 Å². The van der Waals surface area contributed by atoms with E-state index >= 15 is 0 Å². The van der Waals surface area contributed by atoms with Gasteiger partial charge in [0.1, 0.15) is 5.75 Å². The number of aromatic nitrogens is 1. The molecule has 1 aliphatic rings. The lowest BCUT2D eigenvalue weighted by molar-refractivity contribution is -0.122. The standard InChI is InChI=1S/C15H13N3O2S2/c1-2-18-13(20)12(9-10-4-3-5-11(19)8-10)22-15(18)17-14-16-6-7-21-14/h3-9,19H,2H2,1H3/b12-9-,17-15+. The number of rotatable bonds is 3. The number of amides is 1. The highest BCUT2D eigenvalue weighted by atomic mass is 32.2. The van der Waals surface area contributed by atoms with Gasteiger partial charge in [0, 0.05) is 18.1 Å². The molecule has 1 amide bonds. The highest BCUT2D eigenvalue weighted by Crippen LogP contribution is 2.34. The first-order valence-corrected chi connectivity index (χ1v) is 8.35. The topological polar surface area (TPSA) is 65.8 Å². The van der Waals surface area contributed by atoms with Gasteiger partial charge in [-0.2, -0.15) is 4.99 Å². The van der Waals surface area contributed by atoms with E-state index in [1.807, 2.05) is 18.4 Å². The molecule has 1 N–H and O–H groups in total. The maximum Gasteiger partial charge on any atom is 0.266 e. The van der Waals surface area contributed by atoms with Crippen LogP contribution in [0.5, 0.6) is 5.75 Å². The van der Waals surface area contributed by atoms with E-state index in [1.54, 1.807) is 35.4 Å². The Labute approximate surface area is 136 Å². The number of carbonyl (C=O) groups excluding carboxylic acids is 1. The smallest absolute Gasteiger partial charge is 0.266 e. The van der Waals surface area contributed by atoms with Gasteiger partial charge in [0.25, 0.3) is 5.91 Å². The highest BCUT2D eigenvalue weighted by molar-refractivity contribution is 8.18. The van der Waals surface area contributed by atoms with Crippen molar-refractivity contribution in [3.63, 3.8) is 0 Å². The predicted molar refractivity (Wildman–Crippen MR) is 90.3 cm³/mol. The van der Waals surface area contributed by atoms with E-state index in [1.165, 1.54) is 23.1 Å². The number of thioether (sulfide) groups is 1.